The predicted molar refractivity (Wildman–Crippen MR) is 138 cm³/mol. The zero-order valence-corrected chi connectivity index (χ0v) is 20.5. The summed E-state index contributed by atoms with van der Waals surface area (Å²) in [5.74, 6) is -0.917. The molecule has 0 radical (unpaired) electrons. The van der Waals surface area contributed by atoms with Gasteiger partial charge in [0.2, 0.25) is 5.78 Å². The molecule has 0 bridgehead atoms. The van der Waals surface area contributed by atoms with E-state index in [1.54, 1.807) is 18.2 Å². The third kappa shape index (κ3) is 5.90. The number of ketones is 1. The van der Waals surface area contributed by atoms with Gasteiger partial charge >= 0.3 is 5.97 Å². The lowest BCUT2D eigenvalue weighted by molar-refractivity contribution is 0.0695. The SMILES string of the molecule is COc1cccc(OC)c1C(=O)c1c(OCc2ccccc2)cc(C(=O)O)cc1OCc1ccccc1. The third-order valence-electron chi connectivity index (χ3n) is 5.67. The van der Waals surface area contributed by atoms with Crippen LogP contribution in [0.15, 0.2) is 91.0 Å². The number of methoxy groups -OCH3 is 2. The molecule has 4 aromatic rings. The van der Waals surface area contributed by atoms with Crippen LogP contribution in [0.1, 0.15) is 37.4 Å². The van der Waals surface area contributed by atoms with Gasteiger partial charge in [-0.2, -0.15) is 0 Å². The van der Waals surface area contributed by atoms with Gasteiger partial charge < -0.3 is 24.1 Å². The number of carboxylic acid groups (broad SMARTS) is 1. The lowest BCUT2D eigenvalue weighted by atomic mass is 9.97. The summed E-state index contributed by atoms with van der Waals surface area (Å²) >= 11 is 0. The standard InChI is InChI=1S/C30H26O7/c1-34-23-14-9-15-24(35-2)27(23)29(31)28-25(36-18-20-10-5-3-6-11-20)16-22(30(32)33)17-26(28)37-19-21-12-7-4-8-13-21/h3-17H,18-19H2,1-2H3,(H,32,33). The first kappa shape index (κ1) is 25.3. The van der Waals surface area contributed by atoms with E-state index in [0.29, 0.717) is 11.5 Å². The number of rotatable bonds is 11. The van der Waals surface area contributed by atoms with Gasteiger partial charge in [-0.1, -0.05) is 66.7 Å². The second-order valence-electron chi connectivity index (χ2n) is 8.07. The van der Waals surface area contributed by atoms with E-state index >= 15 is 0 Å². The number of carbonyl (C=O) groups excluding carboxylic acids is 1. The van der Waals surface area contributed by atoms with Gasteiger partial charge in [0.25, 0.3) is 0 Å². The Bertz CT molecular complexity index is 1300. The maximum atomic E-state index is 14.1. The minimum atomic E-state index is -1.18. The number of aromatic carboxylic acids is 1. The van der Waals surface area contributed by atoms with Crippen molar-refractivity contribution < 1.29 is 33.6 Å². The summed E-state index contributed by atoms with van der Waals surface area (Å²) in [6, 6.07) is 26.4. The van der Waals surface area contributed by atoms with E-state index in [1.807, 2.05) is 60.7 Å². The summed E-state index contributed by atoms with van der Waals surface area (Å²) in [6.07, 6.45) is 0. The molecule has 0 heterocycles. The van der Waals surface area contributed by atoms with Gasteiger partial charge in [0.15, 0.2) is 0 Å². The Hall–Kier alpha value is -4.78. The summed E-state index contributed by atoms with van der Waals surface area (Å²) in [5, 5.41) is 9.78. The molecule has 37 heavy (non-hydrogen) atoms. The van der Waals surface area contributed by atoms with Crippen LogP contribution < -0.4 is 18.9 Å². The van der Waals surface area contributed by atoms with Crippen LogP contribution in [-0.2, 0) is 13.2 Å². The molecule has 0 saturated heterocycles. The van der Waals surface area contributed by atoms with E-state index in [4.69, 9.17) is 18.9 Å². The van der Waals surface area contributed by atoms with E-state index in [0.717, 1.165) is 11.1 Å². The summed E-state index contributed by atoms with van der Waals surface area (Å²) in [6.45, 7) is 0.233. The molecular weight excluding hydrogens is 472 g/mol. The minimum Gasteiger partial charge on any atom is -0.496 e. The fourth-order valence-corrected chi connectivity index (χ4v) is 3.84. The first-order valence-corrected chi connectivity index (χ1v) is 11.5. The monoisotopic (exact) mass is 498 g/mol. The molecule has 0 amide bonds. The lowest BCUT2D eigenvalue weighted by Gasteiger charge is -2.19. The average Bonchev–Trinajstić information content (AvgIpc) is 2.94. The molecule has 7 heteroatoms. The molecule has 7 nitrogen and oxygen atoms in total. The predicted octanol–water partition coefficient (Wildman–Crippen LogP) is 5.79. The van der Waals surface area contributed by atoms with Gasteiger partial charge in [0.05, 0.1) is 19.8 Å². The van der Waals surface area contributed by atoms with E-state index in [1.165, 1.54) is 26.4 Å². The quantitative estimate of drug-likeness (QED) is 0.262. The van der Waals surface area contributed by atoms with Crippen molar-refractivity contribution in [1.29, 1.82) is 0 Å². The topological polar surface area (TPSA) is 91.3 Å². The second kappa shape index (κ2) is 11.8. The van der Waals surface area contributed by atoms with Gasteiger partial charge in [-0.05, 0) is 35.4 Å². The van der Waals surface area contributed by atoms with Gasteiger partial charge in [0.1, 0.15) is 47.3 Å². The smallest absolute Gasteiger partial charge is 0.335 e. The Morgan fingerprint density at radius 3 is 1.46 bits per heavy atom. The highest BCUT2D eigenvalue weighted by Crippen LogP contribution is 2.39. The Labute approximate surface area is 214 Å². The van der Waals surface area contributed by atoms with Gasteiger partial charge in [-0.15, -0.1) is 0 Å². The Kier molecular flexibility index (Phi) is 8.05. The lowest BCUT2D eigenvalue weighted by Crippen LogP contribution is -2.13. The Balaban J connectivity index is 1.85. The molecule has 188 valence electrons. The molecule has 0 spiro atoms. The normalized spacial score (nSPS) is 10.4. The molecule has 0 aliphatic heterocycles. The zero-order chi connectivity index (χ0) is 26.2. The van der Waals surface area contributed by atoms with E-state index in [9.17, 15) is 14.7 Å². The highest BCUT2D eigenvalue weighted by molar-refractivity contribution is 6.16. The van der Waals surface area contributed by atoms with Crippen molar-refractivity contribution in [2.24, 2.45) is 0 Å². The summed E-state index contributed by atoms with van der Waals surface area (Å²) in [7, 11) is 2.91. The average molecular weight is 499 g/mol. The molecule has 0 atom stereocenters. The Morgan fingerprint density at radius 2 is 1.05 bits per heavy atom. The van der Waals surface area contributed by atoms with Gasteiger partial charge in [-0.3, -0.25) is 4.79 Å². The molecular formula is C30H26O7. The number of carboxylic acids is 1. The second-order valence-corrected chi connectivity index (χ2v) is 8.07. The molecule has 4 rings (SSSR count). The molecule has 0 unspecified atom stereocenters. The van der Waals surface area contributed by atoms with Crippen LogP contribution in [0.3, 0.4) is 0 Å². The van der Waals surface area contributed by atoms with Crippen molar-refractivity contribution in [1.82, 2.24) is 0 Å². The van der Waals surface area contributed by atoms with Crippen LogP contribution in [0.5, 0.6) is 23.0 Å². The molecule has 0 aromatic heterocycles. The van der Waals surface area contributed by atoms with Crippen LogP contribution in [-0.4, -0.2) is 31.1 Å². The fourth-order valence-electron chi connectivity index (χ4n) is 3.84. The minimum absolute atomic E-state index is 0.0691. The highest BCUT2D eigenvalue weighted by Gasteiger charge is 2.28. The van der Waals surface area contributed by atoms with Crippen LogP contribution in [0.2, 0.25) is 0 Å². The fraction of sp³-hybridized carbons (Fsp3) is 0.133. The van der Waals surface area contributed by atoms with Crippen LogP contribution in [0.4, 0.5) is 0 Å². The maximum absolute atomic E-state index is 14.1. The van der Waals surface area contributed by atoms with Crippen LogP contribution in [0.25, 0.3) is 0 Å². The van der Waals surface area contributed by atoms with Crippen molar-refractivity contribution in [2.45, 2.75) is 13.2 Å². The first-order valence-electron chi connectivity index (χ1n) is 11.5. The van der Waals surface area contributed by atoms with E-state index < -0.39 is 11.8 Å². The van der Waals surface area contributed by atoms with Crippen molar-refractivity contribution in [2.75, 3.05) is 14.2 Å². The first-order chi connectivity index (χ1) is 18.0. The Morgan fingerprint density at radius 1 is 0.622 bits per heavy atom. The molecule has 0 aliphatic rings. The largest absolute Gasteiger partial charge is 0.496 e. The zero-order valence-electron chi connectivity index (χ0n) is 20.5. The molecule has 0 saturated carbocycles. The van der Waals surface area contributed by atoms with Crippen molar-refractivity contribution >= 4 is 11.8 Å². The summed E-state index contributed by atoms with van der Waals surface area (Å²) < 4.78 is 23.0. The molecule has 0 fully saturated rings. The number of ether oxygens (including phenoxy) is 4. The van der Waals surface area contributed by atoms with Gasteiger partial charge in [-0.25, -0.2) is 4.79 Å². The molecule has 0 aliphatic carbocycles. The van der Waals surface area contributed by atoms with Crippen LogP contribution >= 0.6 is 0 Å². The van der Waals surface area contributed by atoms with Crippen molar-refractivity contribution in [3.63, 3.8) is 0 Å². The summed E-state index contributed by atoms with van der Waals surface area (Å²) in [4.78, 5) is 26.1. The maximum Gasteiger partial charge on any atom is 0.335 e. The van der Waals surface area contributed by atoms with E-state index in [2.05, 4.69) is 0 Å². The van der Waals surface area contributed by atoms with Crippen molar-refractivity contribution in [3.8, 4) is 23.0 Å². The number of benzene rings is 4. The van der Waals surface area contributed by atoms with E-state index in [-0.39, 0.29) is 41.4 Å². The van der Waals surface area contributed by atoms with Crippen LogP contribution in [0, 0.1) is 0 Å². The van der Waals surface area contributed by atoms with Gasteiger partial charge in [0, 0.05) is 0 Å². The molecule has 1 N–H and O–H groups in total. The summed E-state index contributed by atoms with van der Waals surface area (Å²) in [5.41, 5.74) is 1.87. The molecule has 4 aromatic carbocycles. The number of carbonyl (C=O) groups is 2. The van der Waals surface area contributed by atoms with Crippen molar-refractivity contribution in [3.05, 3.63) is 119 Å². The number of hydrogen-bond donors (Lipinski definition) is 1. The highest BCUT2D eigenvalue weighted by atomic mass is 16.5. The number of hydrogen-bond acceptors (Lipinski definition) is 6. The third-order valence-corrected chi connectivity index (χ3v) is 5.67.